The summed E-state index contributed by atoms with van der Waals surface area (Å²) in [6.07, 6.45) is 2.61. The molecule has 3 rings (SSSR count). The van der Waals surface area contributed by atoms with Crippen LogP contribution in [0.3, 0.4) is 0 Å². The summed E-state index contributed by atoms with van der Waals surface area (Å²) < 4.78 is 5.46. The Balaban J connectivity index is 1.66. The van der Waals surface area contributed by atoms with Crippen LogP contribution in [0.1, 0.15) is 54.4 Å². The minimum atomic E-state index is -0.404. The van der Waals surface area contributed by atoms with Crippen molar-refractivity contribution < 1.29 is 14.3 Å². The average Bonchev–Trinajstić information content (AvgIpc) is 3.23. The van der Waals surface area contributed by atoms with Gasteiger partial charge in [0.15, 0.2) is 0 Å². The molecular formula is C21H26N2O3S. The van der Waals surface area contributed by atoms with Crippen molar-refractivity contribution in [3.8, 4) is 5.75 Å². The van der Waals surface area contributed by atoms with E-state index in [2.05, 4.69) is 5.32 Å². The number of carbonyl (C=O) groups excluding carboxylic acids is 2. The van der Waals surface area contributed by atoms with Crippen LogP contribution >= 0.6 is 11.3 Å². The van der Waals surface area contributed by atoms with Crippen LogP contribution < -0.4 is 10.1 Å². The zero-order chi connectivity index (χ0) is 19.2. The number of benzene rings is 1. The second kappa shape index (κ2) is 9.04. The fraction of sp³-hybridized carbons (Fsp3) is 0.429. The van der Waals surface area contributed by atoms with E-state index in [0.717, 1.165) is 24.2 Å². The molecule has 2 aromatic rings. The molecule has 2 atom stereocenters. The van der Waals surface area contributed by atoms with Gasteiger partial charge in [-0.05, 0) is 62.3 Å². The number of piperidine rings is 1. The Kier molecular flexibility index (Phi) is 6.50. The van der Waals surface area contributed by atoms with Gasteiger partial charge in [-0.3, -0.25) is 9.59 Å². The van der Waals surface area contributed by atoms with Crippen LogP contribution in [0.25, 0.3) is 0 Å². The van der Waals surface area contributed by atoms with Crippen LogP contribution in [0, 0.1) is 0 Å². The molecule has 5 nitrogen and oxygen atoms in total. The molecule has 2 amide bonds. The van der Waals surface area contributed by atoms with Gasteiger partial charge in [0.2, 0.25) is 5.91 Å². The highest BCUT2D eigenvalue weighted by Crippen LogP contribution is 2.23. The Labute approximate surface area is 164 Å². The predicted octanol–water partition coefficient (Wildman–Crippen LogP) is 4.02. The highest BCUT2D eigenvalue weighted by molar-refractivity contribution is 7.12. The number of likely N-dealkylation sites (tertiary alicyclic amines) is 1. The van der Waals surface area contributed by atoms with E-state index in [9.17, 15) is 9.59 Å². The Morgan fingerprint density at radius 1 is 1.26 bits per heavy atom. The van der Waals surface area contributed by atoms with Crippen molar-refractivity contribution in [3.63, 3.8) is 0 Å². The second-order valence-corrected chi connectivity index (χ2v) is 7.67. The molecule has 1 aromatic carbocycles. The minimum absolute atomic E-state index is 0.0430. The maximum absolute atomic E-state index is 12.9. The summed E-state index contributed by atoms with van der Waals surface area (Å²) >= 11 is 1.42. The zero-order valence-corrected chi connectivity index (χ0v) is 16.6. The number of rotatable bonds is 6. The standard InChI is InChI=1S/C21H26N2O3S/c1-3-26-17-11-9-16(10-12-17)15(2)22-20(24)18-7-4-5-13-23(18)21(25)19-8-6-14-27-19/h6,8-12,14-15,18H,3-5,7,13H2,1-2H3,(H,22,24)/t15-,18-/m1/s1. The number of ether oxygens (including phenoxy) is 1. The molecule has 2 heterocycles. The van der Waals surface area contributed by atoms with E-state index in [4.69, 9.17) is 4.74 Å². The van der Waals surface area contributed by atoms with Gasteiger partial charge >= 0.3 is 0 Å². The van der Waals surface area contributed by atoms with Crippen molar-refractivity contribution in [2.45, 2.75) is 45.2 Å². The van der Waals surface area contributed by atoms with E-state index in [0.29, 0.717) is 24.4 Å². The lowest BCUT2D eigenvalue weighted by atomic mass is 10.00. The van der Waals surface area contributed by atoms with Gasteiger partial charge in [0.05, 0.1) is 17.5 Å². The largest absolute Gasteiger partial charge is 0.494 e. The summed E-state index contributed by atoms with van der Waals surface area (Å²) in [7, 11) is 0. The number of thiophene rings is 1. The molecule has 1 N–H and O–H groups in total. The monoisotopic (exact) mass is 386 g/mol. The molecule has 0 saturated carbocycles. The molecule has 1 aromatic heterocycles. The first-order valence-electron chi connectivity index (χ1n) is 9.47. The van der Waals surface area contributed by atoms with Crippen molar-refractivity contribution in [2.75, 3.05) is 13.2 Å². The van der Waals surface area contributed by atoms with Crippen LogP contribution in [0.4, 0.5) is 0 Å². The number of hydrogen-bond donors (Lipinski definition) is 1. The topological polar surface area (TPSA) is 58.6 Å². The molecule has 1 aliphatic rings. The summed E-state index contributed by atoms with van der Waals surface area (Å²) in [5.41, 5.74) is 1.01. The number of nitrogens with one attached hydrogen (secondary N) is 1. The third kappa shape index (κ3) is 4.69. The van der Waals surface area contributed by atoms with Crippen LogP contribution in [-0.2, 0) is 4.79 Å². The van der Waals surface area contributed by atoms with E-state index in [1.807, 2.05) is 55.6 Å². The van der Waals surface area contributed by atoms with Gasteiger partial charge in [-0.1, -0.05) is 18.2 Å². The average molecular weight is 387 g/mol. The lowest BCUT2D eigenvalue weighted by Gasteiger charge is -2.35. The Hall–Kier alpha value is -2.34. The Morgan fingerprint density at radius 3 is 2.70 bits per heavy atom. The third-order valence-electron chi connectivity index (χ3n) is 4.85. The zero-order valence-electron chi connectivity index (χ0n) is 15.8. The maximum Gasteiger partial charge on any atom is 0.264 e. The van der Waals surface area contributed by atoms with E-state index in [-0.39, 0.29) is 17.9 Å². The lowest BCUT2D eigenvalue weighted by molar-refractivity contribution is -0.127. The van der Waals surface area contributed by atoms with Gasteiger partial charge < -0.3 is 15.0 Å². The van der Waals surface area contributed by atoms with Gasteiger partial charge in [-0.2, -0.15) is 0 Å². The van der Waals surface area contributed by atoms with Crippen LogP contribution in [0.2, 0.25) is 0 Å². The molecule has 0 spiro atoms. The number of hydrogen-bond acceptors (Lipinski definition) is 4. The summed E-state index contributed by atoms with van der Waals surface area (Å²) in [5.74, 6) is 0.694. The molecule has 1 fully saturated rings. The Morgan fingerprint density at radius 2 is 2.04 bits per heavy atom. The molecule has 6 heteroatoms. The third-order valence-corrected chi connectivity index (χ3v) is 5.71. The summed E-state index contributed by atoms with van der Waals surface area (Å²) in [4.78, 5) is 28.1. The van der Waals surface area contributed by atoms with Crippen LogP contribution in [0.15, 0.2) is 41.8 Å². The van der Waals surface area contributed by atoms with Crippen molar-refractivity contribution in [3.05, 3.63) is 52.2 Å². The lowest BCUT2D eigenvalue weighted by Crippen LogP contribution is -2.52. The van der Waals surface area contributed by atoms with E-state index >= 15 is 0 Å². The quantitative estimate of drug-likeness (QED) is 0.816. The van der Waals surface area contributed by atoms with Crippen molar-refractivity contribution in [1.82, 2.24) is 10.2 Å². The molecule has 1 aliphatic heterocycles. The Bertz CT molecular complexity index is 758. The van der Waals surface area contributed by atoms with E-state index in [1.165, 1.54) is 11.3 Å². The molecule has 0 radical (unpaired) electrons. The number of nitrogens with zero attached hydrogens (tertiary/aromatic N) is 1. The first-order valence-corrected chi connectivity index (χ1v) is 10.4. The first kappa shape index (κ1) is 19.4. The van der Waals surface area contributed by atoms with Crippen molar-refractivity contribution in [1.29, 1.82) is 0 Å². The van der Waals surface area contributed by atoms with E-state index < -0.39 is 6.04 Å². The normalized spacial score (nSPS) is 18.0. The second-order valence-electron chi connectivity index (χ2n) is 6.72. The summed E-state index contributed by atoms with van der Waals surface area (Å²) in [5, 5.41) is 4.97. The van der Waals surface area contributed by atoms with Crippen molar-refractivity contribution >= 4 is 23.2 Å². The van der Waals surface area contributed by atoms with Gasteiger partial charge in [0.1, 0.15) is 11.8 Å². The SMILES string of the molecule is CCOc1ccc([C@@H](C)NC(=O)[C@H]2CCCCN2C(=O)c2cccs2)cc1. The van der Waals surface area contributed by atoms with Crippen LogP contribution in [0.5, 0.6) is 5.75 Å². The summed E-state index contributed by atoms with van der Waals surface area (Å²) in [6.45, 7) is 5.17. The predicted molar refractivity (Wildman–Crippen MR) is 107 cm³/mol. The number of amides is 2. The molecule has 0 bridgehead atoms. The highest BCUT2D eigenvalue weighted by Gasteiger charge is 2.33. The highest BCUT2D eigenvalue weighted by atomic mass is 32.1. The van der Waals surface area contributed by atoms with Crippen molar-refractivity contribution in [2.24, 2.45) is 0 Å². The van der Waals surface area contributed by atoms with Gasteiger partial charge in [-0.25, -0.2) is 0 Å². The fourth-order valence-corrected chi connectivity index (χ4v) is 4.08. The molecule has 1 saturated heterocycles. The van der Waals surface area contributed by atoms with Crippen LogP contribution in [-0.4, -0.2) is 35.9 Å². The van der Waals surface area contributed by atoms with E-state index in [1.54, 1.807) is 4.90 Å². The molecule has 0 unspecified atom stereocenters. The molecule has 144 valence electrons. The minimum Gasteiger partial charge on any atom is -0.494 e. The fourth-order valence-electron chi connectivity index (χ4n) is 3.40. The maximum atomic E-state index is 12.9. The molecule has 0 aliphatic carbocycles. The molecular weight excluding hydrogens is 360 g/mol. The van der Waals surface area contributed by atoms with Gasteiger partial charge in [-0.15, -0.1) is 11.3 Å². The van der Waals surface area contributed by atoms with Gasteiger partial charge in [0, 0.05) is 6.54 Å². The summed E-state index contributed by atoms with van der Waals surface area (Å²) in [6, 6.07) is 10.9. The smallest absolute Gasteiger partial charge is 0.264 e. The van der Waals surface area contributed by atoms with Gasteiger partial charge in [0.25, 0.3) is 5.91 Å². The number of carbonyl (C=O) groups is 2. The first-order chi connectivity index (χ1) is 13.1. The molecule has 27 heavy (non-hydrogen) atoms.